The number of para-hydroxylation sites is 1. The van der Waals surface area contributed by atoms with E-state index in [0.717, 1.165) is 16.7 Å². The summed E-state index contributed by atoms with van der Waals surface area (Å²) in [5, 5.41) is 18.9. The SMILES string of the molecule is COc1cccc(Cc2ccccc2C(O)CC#N)c1OC. The Morgan fingerprint density at radius 2 is 1.77 bits per heavy atom. The molecule has 0 radical (unpaired) electrons. The molecular formula is C18H19NO3. The fourth-order valence-electron chi connectivity index (χ4n) is 2.51. The van der Waals surface area contributed by atoms with Crippen molar-refractivity contribution < 1.29 is 14.6 Å². The molecule has 0 fully saturated rings. The Balaban J connectivity index is 2.38. The van der Waals surface area contributed by atoms with Crippen LogP contribution in [0.1, 0.15) is 29.2 Å². The highest BCUT2D eigenvalue weighted by Gasteiger charge is 2.15. The van der Waals surface area contributed by atoms with E-state index >= 15 is 0 Å². The molecule has 0 heterocycles. The third-order valence-electron chi connectivity index (χ3n) is 3.56. The first-order valence-corrected chi connectivity index (χ1v) is 7.04. The van der Waals surface area contributed by atoms with Gasteiger partial charge in [0.05, 0.1) is 32.8 Å². The zero-order valence-electron chi connectivity index (χ0n) is 12.7. The number of nitriles is 1. The number of nitrogens with zero attached hydrogens (tertiary/aromatic N) is 1. The molecular weight excluding hydrogens is 278 g/mol. The second-order valence-corrected chi connectivity index (χ2v) is 4.91. The van der Waals surface area contributed by atoms with Crippen LogP contribution in [0.25, 0.3) is 0 Å². The predicted octanol–water partition coefficient (Wildman–Crippen LogP) is 3.24. The second-order valence-electron chi connectivity index (χ2n) is 4.91. The van der Waals surface area contributed by atoms with Gasteiger partial charge >= 0.3 is 0 Å². The summed E-state index contributed by atoms with van der Waals surface area (Å²) in [7, 11) is 3.21. The third kappa shape index (κ3) is 3.38. The zero-order valence-corrected chi connectivity index (χ0v) is 12.7. The third-order valence-corrected chi connectivity index (χ3v) is 3.56. The van der Waals surface area contributed by atoms with E-state index in [1.807, 2.05) is 48.5 Å². The maximum Gasteiger partial charge on any atom is 0.164 e. The summed E-state index contributed by atoms with van der Waals surface area (Å²) in [6, 6.07) is 15.3. The van der Waals surface area contributed by atoms with Gasteiger partial charge in [-0.1, -0.05) is 36.4 Å². The lowest BCUT2D eigenvalue weighted by Crippen LogP contribution is -2.03. The van der Waals surface area contributed by atoms with Crippen LogP contribution >= 0.6 is 0 Å². The second kappa shape index (κ2) is 7.48. The monoisotopic (exact) mass is 297 g/mol. The van der Waals surface area contributed by atoms with Gasteiger partial charge in [-0.3, -0.25) is 0 Å². The van der Waals surface area contributed by atoms with Crippen molar-refractivity contribution in [1.82, 2.24) is 0 Å². The van der Waals surface area contributed by atoms with Crippen LogP contribution in [-0.4, -0.2) is 19.3 Å². The van der Waals surface area contributed by atoms with Gasteiger partial charge in [0.15, 0.2) is 11.5 Å². The van der Waals surface area contributed by atoms with Gasteiger partial charge in [-0.25, -0.2) is 0 Å². The van der Waals surface area contributed by atoms with Crippen molar-refractivity contribution >= 4 is 0 Å². The summed E-state index contributed by atoms with van der Waals surface area (Å²) in [4.78, 5) is 0. The highest BCUT2D eigenvalue weighted by Crippen LogP contribution is 2.33. The van der Waals surface area contributed by atoms with Gasteiger partial charge < -0.3 is 14.6 Å². The van der Waals surface area contributed by atoms with E-state index in [1.54, 1.807) is 14.2 Å². The normalized spacial score (nSPS) is 11.5. The van der Waals surface area contributed by atoms with Gasteiger partial charge in [-0.2, -0.15) is 5.26 Å². The highest BCUT2D eigenvalue weighted by molar-refractivity contribution is 5.49. The maximum absolute atomic E-state index is 10.1. The number of benzene rings is 2. The van der Waals surface area contributed by atoms with Gasteiger partial charge in [0.2, 0.25) is 0 Å². The van der Waals surface area contributed by atoms with Crippen LogP contribution in [0.3, 0.4) is 0 Å². The summed E-state index contributed by atoms with van der Waals surface area (Å²) < 4.78 is 10.8. The van der Waals surface area contributed by atoms with Crippen LogP contribution in [-0.2, 0) is 6.42 Å². The Morgan fingerprint density at radius 1 is 1.05 bits per heavy atom. The number of hydrogen-bond donors (Lipinski definition) is 1. The Bertz CT molecular complexity index is 676. The fraction of sp³-hybridized carbons (Fsp3) is 0.278. The first-order chi connectivity index (χ1) is 10.7. The molecule has 0 saturated carbocycles. The first-order valence-electron chi connectivity index (χ1n) is 7.04. The zero-order chi connectivity index (χ0) is 15.9. The van der Waals surface area contributed by atoms with Gasteiger partial charge in [-0.05, 0) is 17.2 Å². The van der Waals surface area contributed by atoms with Crippen molar-refractivity contribution in [3.63, 3.8) is 0 Å². The highest BCUT2D eigenvalue weighted by atomic mass is 16.5. The van der Waals surface area contributed by atoms with Crippen molar-refractivity contribution in [2.75, 3.05) is 14.2 Å². The number of aliphatic hydroxyl groups excluding tert-OH is 1. The average Bonchev–Trinajstić information content (AvgIpc) is 2.55. The fourth-order valence-corrected chi connectivity index (χ4v) is 2.51. The summed E-state index contributed by atoms with van der Waals surface area (Å²) in [5.74, 6) is 1.37. The van der Waals surface area contributed by atoms with E-state index in [4.69, 9.17) is 14.7 Å². The smallest absolute Gasteiger partial charge is 0.164 e. The van der Waals surface area contributed by atoms with E-state index in [2.05, 4.69) is 0 Å². The van der Waals surface area contributed by atoms with E-state index in [9.17, 15) is 5.11 Å². The molecule has 2 aromatic rings. The van der Waals surface area contributed by atoms with Crippen molar-refractivity contribution in [2.24, 2.45) is 0 Å². The van der Waals surface area contributed by atoms with Gasteiger partial charge in [0.25, 0.3) is 0 Å². The summed E-state index contributed by atoms with van der Waals surface area (Å²) in [5.41, 5.74) is 2.71. The minimum Gasteiger partial charge on any atom is -0.493 e. The molecule has 2 aromatic carbocycles. The molecule has 114 valence electrons. The Hall–Kier alpha value is -2.51. The summed E-state index contributed by atoms with van der Waals surface area (Å²) in [6.07, 6.45) is -0.108. The molecule has 1 N–H and O–H groups in total. The van der Waals surface area contributed by atoms with Crippen LogP contribution in [0.4, 0.5) is 0 Å². The molecule has 1 unspecified atom stereocenters. The Morgan fingerprint density at radius 3 is 2.45 bits per heavy atom. The summed E-state index contributed by atoms with van der Waals surface area (Å²) in [6.45, 7) is 0. The van der Waals surface area contributed by atoms with E-state index in [1.165, 1.54) is 0 Å². The molecule has 0 spiro atoms. The molecule has 4 nitrogen and oxygen atoms in total. The molecule has 4 heteroatoms. The van der Waals surface area contributed by atoms with Crippen molar-refractivity contribution in [3.8, 4) is 17.6 Å². The minimum atomic E-state index is -0.780. The Kier molecular flexibility index (Phi) is 5.40. The van der Waals surface area contributed by atoms with Crippen LogP contribution in [0.5, 0.6) is 11.5 Å². The summed E-state index contributed by atoms with van der Waals surface area (Å²) >= 11 is 0. The van der Waals surface area contributed by atoms with Gasteiger partial charge in [0, 0.05) is 12.0 Å². The number of hydrogen-bond acceptors (Lipinski definition) is 4. The van der Waals surface area contributed by atoms with E-state index in [-0.39, 0.29) is 6.42 Å². The molecule has 0 saturated heterocycles. The van der Waals surface area contributed by atoms with Crippen molar-refractivity contribution in [2.45, 2.75) is 18.9 Å². The lowest BCUT2D eigenvalue weighted by atomic mass is 9.95. The van der Waals surface area contributed by atoms with Crippen LogP contribution in [0.2, 0.25) is 0 Å². The minimum absolute atomic E-state index is 0.0757. The number of methoxy groups -OCH3 is 2. The first kappa shape index (κ1) is 15.9. The van der Waals surface area contributed by atoms with Gasteiger partial charge in [-0.15, -0.1) is 0 Å². The molecule has 0 aromatic heterocycles. The molecule has 0 aliphatic rings. The van der Waals surface area contributed by atoms with E-state index in [0.29, 0.717) is 17.9 Å². The molecule has 0 aliphatic carbocycles. The molecule has 2 rings (SSSR count). The van der Waals surface area contributed by atoms with E-state index < -0.39 is 6.10 Å². The molecule has 0 amide bonds. The lowest BCUT2D eigenvalue weighted by molar-refractivity contribution is 0.182. The lowest BCUT2D eigenvalue weighted by Gasteiger charge is -2.16. The Labute approximate surface area is 130 Å². The molecule has 0 aliphatic heterocycles. The van der Waals surface area contributed by atoms with Gasteiger partial charge in [0.1, 0.15) is 0 Å². The quantitative estimate of drug-likeness (QED) is 0.889. The molecule has 22 heavy (non-hydrogen) atoms. The number of ether oxygens (including phenoxy) is 2. The molecule has 0 bridgehead atoms. The topological polar surface area (TPSA) is 62.5 Å². The van der Waals surface area contributed by atoms with Crippen LogP contribution < -0.4 is 9.47 Å². The largest absolute Gasteiger partial charge is 0.493 e. The molecule has 1 atom stereocenters. The predicted molar refractivity (Wildman–Crippen MR) is 84.0 cm³/mol. The van der Waals surface area contributed by atoms with Crippen molar-refractivity contribution in [1.29, 1.82) is 5.26 Å². The number of rotatable bonds is 6. The van der Waals surface area contributed by atoms with Crippen molar-refractivity contribution in [3.05, 3.63) is 59.2 Å². The number of aliphatic hydroxyl groups is 1. The van der Waals surface area contributed by atoms with Crippen LogP contribution in [0.15, 0.2) is 42.5 Å². The average molecular weight is 297 g/mol. The van der Waals surface area contributed by atoms with Crippen LogP contribution in [0, 0.1) is 11.3 Å². The standard InChI is InChI=1S/C18H19NO3/c1-21-17-9-5-7-14(18(17)22-2)12-13-6-3-4-8-15(13)16(20)10-11-19/h3-9,16,20H,10,12H2,1-2H3. The maximum atomic E-state index is 10.1.